The molecule has 0 spiro atoms. The van der Waals surface area contributed by atoms with Crippen LogP contribution in [0.5, 0.6) is 0 Å². The summed E-state index contributed by atoms with van der Waals surface area (Å²) in [4.78, 5) is 24.9. The first-order valence-corrected chi connectivity index (χ1v) is 6.18. The molecule has 18 heavy (non-hydrogen) atoms. The van der Waals surface area contributed by atoms with E-state index in [2.05, 4.69) is 16.0 Å². The lowest BCUT2D eigenvalue weighted by molar-refractivity contribution is -0.143. The highest BCUT2D eigenvalue weighted by atomic mass is 16.5. The SMILES string of the molecule is C#CCNC(=O)CN(CC(=O)OC)C1CCCC1. The van der Waals surface area contributed by atoms with Gasteiger partial charge in [-0.2, -0.15) is 0 Å². The molecule has 100 valence electrons. The van der Waals surface area contributed by atoms with Gasteiger partial charge in [0.2, 0.25) is 5.91 Å². The van der Waals surface area contributed by atoms with Crippen LogP contribution in [-0.4, -0.2) is 49.6 Å². The summed E-state index contributed by atoms with van der Waals surface area (Å²) in [5.74, 6) is 1.89. The predicted octanol–water partition coefficient (Wildman–Crippen LogP) is 0.153. The van der Waals surface area contributed by atoms with Gasteiger partial charge in [0.1, 0.15) is 0 Å². The average molecular weight is 252 g/mol. The number of methoxy groups -OCH3 is 1. The molecule has 0 heterocycles. The van der Waals surface area contributed by atoms with Gasteiger partial charge in [0.25, 0.3) is 0 Å². The molecular weight excluding hydrogens is 232 g/mol. The van der Waals surface area contributed by atoms with Crippen molar-refractivity contribution in [3.8, 4) is 12.3 Å². The lowest BCUT2D eigenvalue weighted by Crippen LogP contribution is -2.44. The summed E-state index contributed by atoms with van der Waals surface area (Å²) in [6, 6.07) is 0.292. The predicted molar refractivity (Wildman–Crippen MR) is 67.7 cm³/mol. The van der Waals surface area contributed by atoms with E-state index in [4.69, 9.17) is 6.42 Å². The summed E-state index contributed by atoms with van der Waals surface area (Å²) in [7, 11) is 1.35. The topological polar surface area (TPSA) is 58.6 Å². The van der Waals surface area contributed by atoms with E-state index in [0.717, 1.165) is 25.7 Å². The number of ether oxygens (including phenoxy) is 1. The normalized spacial score (nSPS) is 15.4. The summed E-state index contributed by atoms with van der Waals surface area (Å²) < 4.78 is 4.66. The molecule has 1 N–H and O–H groups in total. The Balaban J connectivity index is 2.51. The fourth-order valence-corrected chi connectivity index (χ4v) is 2.20. The maximum atomic E-state index is 11.6. The molecule has 1 aliphatic rings. The van der Waals surface area contributed by atoms with Gasteiger partial charge in [-0.05, 0) is 12.8 Å². The van der Waals surface area contributed by atoms with Gasteiger partial charge in [-0.3, -0.25) is 14.5 Å². The Morgan fingerprint density at radius 2 is 2.06 bits per heavy atom. The van der Waals surface area contributed by atoms with Gasteiger partial charge in [0.05, 0.1) is 26.7 Å². The number of hydrogen-bond donors (Lipinski definition) is 1. The first-order chi connectivity index (χ1) is 8.67. The summed E-state index contributed by atoms with van der Waals surface area (Å²) >= 11 is 0. The number of nitrogens with one attached hydrogen (secondary N) is 1. The van der Waals surface area contributed by atoms with Crippen LogP contribution in [0.2, 0.25) is 0 Å². The van der Waals surface area contributed by atoms with Crippen molar-refractivity contribution in [1.82, 2.24) is 10.2 Å². The zero-order valence-electron chi connectivity index (χ0n) is 10.8. The van der Waals surface area contributed by atoms with Crippen LogP contribution in [0.25, 0.3) is 0 Å². The Morgan fingerprint density at radius 3 is 2.61 bits per heavy atom. The highest BCUT2D eigenvalue weighted by molar-refractivity contribution is 5.79. The number of esters is 1. The monoisotopic (exact) mass is 252 g/mol. The summed E-state index contributed by atoms with van der Waals surface area (Å²) in [5.41, 5.74) is 0. The van der Waals surface area contributed by atoms with Crippen LogP contribution in [0.15, 0.2) is 0 Å². The van der Waals surface area contributed by atoms with E-state index < -0.39 is 0 Å². The van der Waals surface area contributed by atoms with Crippen molar-refractivity contribution >= 4 is 11.9 Å². The summed E-state index contributed by atoms with van der Waals surface area (Å²) in [5, 5.41) is 2.61. The molecule has 0 bridgehead atoms. The molecule has 0 radical (unpaired) electrons. The number of hydrogen-bond acceptors (Lipinski definition) is 4. The number of rotatable bonds is 6. The molecule has 0 aromatic heterocycles. The Morgan fingerprint density at radius 1 is 1.39 bits per heavy atom. The molecule has 1 saturated carbocycles. The molecule has 5 nitrogen and oxygen atoms in total. The van der Waals surface area contributed by atoms with Crippen molar-refractivity contribution in [2.45, 2.75) is 31.7 Å². The van der Waals surface area contributed by atoms with Crippen LogP contribution in [0.3, 0.4) is 0 Å². The van der Waals surface area contributed by atoms with Gasteiger partial charge in [-0.1, -0.05) is 18.8 Å². The quantitative estimate of drug-likeness (QED) is 0.540. The zero-order chi connectivity index (χ0) is 13.4. The van der Waals surface area contributed by atoms with E-state index in [9.17, 15) is 9.59 Å². The number of nitrogens with zero attached hydrogens (tertiary/aromatic N) is 1. The summed E-state index contributed by atoms with van der Waals surface area (Å²) in [6.07, 6.45) is 9.43. The van der Waals surface area contributed by atoms with E-state index in [1.165, 1.54) is 7.11 Å². The number of amides is 1. The molecular formula is C13H20N2O3. The van der Waals surface area contributed by atoms with Crippen molar-refractivity contribution in [3.05, 3.63) is 0 Å². The maximum absolute atomic E-state index is 11.6. The third-order valence-corrected chi connectivity index (χ3v) is 3.14. The molecule has 0 aromatic carbocycles. The molecule has 0 atom stereocenters. The van der Waals surface area contributed by atoms with Crippen molar-refractivity contribution in [1.29, 1.82) is 0 Å². The third kappa shape index (κ3) is 4.76. The molecule has 0 unspecified atom stereocenters. The van der Waals surface area contributed by atoms with E-state index in [0.29, 0.717) is 6.04 Å². The first kappa shape index (κ1) is 14.5. The molecule has 0 saturated heterocycles. The molecule has 1 amide bonds. The third-order valence-electron chi connectivity index (χ3n) is 3.14. The van der Waals surface area contributed by atoms with Gasteiger partial charge < -0.3 is 10.1 Å². The molecule has 1 aliphatic carbocycles. The molecule has 0 aliphatic heterocycles. The fourth-order valence-electron chi connectivity index (χ4n) is 2.20. The number of carbonyl (C=O) groups excluding carboxylic acids is 2. The number of carbonyl (C=O) groups is 2. The minimum absolute atomic E-state index is 0.149. The second kappa shape index (κ2) is 7.72. The van der Waals surface area contributed by atoms with E-state index >= 15 is 0 Å². The smallest absolute Gasteiger partial charge is 0.319 e. The Labute approximate surface area is 108 Å². The van der Waals surface area contributed by atoms with E-state index in [1.54, 1.807) is 0 Å². The van der Waals surface area contributed by atoms with Crippen molar-refractivity contribution < 1.29 is 14.3 Å². The second-order valence-electron chi connectivity index (χ2n) is 4.40. The number of terminal acetylenes is 1. The van der Waals surface area contributed by atoms with Crippen LogP contribution >= 0.6 is 0 Å². The first-order valence-electron chi connectivity index (χ1n) is 6.18. The van der Waals surface area contributed by atoms with Crippen LogP contribution in [0, 0.1) is 12.3 Å². The summed E-state index contributed by atoms with van der Waals surface area (Å²) in [6.45, 7) is 0.571. The lowest BCUT2D eigenvalue weighted by Gasteiger charge is -2.26. The Hall–Kier alpha value is -1.54. The van der Waals surface area contributed by atoms with E-state index in [1.807, 2.05) is 4.90 Å². The zero-order valence-corrected chi connectivity index (χ0v) is 10.8. The molecule has 5 heteroatoms. The van der Waals surface area contributed by atoms with Crippen molar-refractivity contribution in [2.24, 2.45) is 0 Å². The standard InChI is InChI=1S/C13H20N2O3/c1-3-8-14-12(16)9-15(10-13(17)18-2)11-6-4-5-7-11/h1,11H,4-10H2,2H3,(H,14,16). The highest BCUT2D eigenvalue weighted by Gasteiger charge is 2.26. The van der Waals surface area contributed by atoms with Crippen molar-refractivity contribution in [2.75, 3.05) is 26.7 Å². The average Bonchev–Trinajstić information content (AvgIpc) is 2.89. The van der Waals surface area contributed by atoms with Gasteiger partial charge in [-0.25, -0.2) is 0 Å². The molecule has 1 rings (SSSR count). The fraction of sp³-hybridized carbons (Fsp3) is 0.692. The Bertz CT molecular complexity index is 330. The van der Waals surface area contributed by atoms with Crippen LogP contribution in [0.4, 0.5) is 0 Å². The van der Waals surface area contributed by atoms with Gasteiger partial charge >= 0.3 is 5.97 Å². The minimum atomic E-state index is -0.313. The van der Waals surface area contributed by atoms with Crippen LogP contribution in [-0.2, 0) is 14.3 Å². The van der Waals surface area contributed by atoms with Gasteiger partial charge in [-0.15, -0.1) is 6.42 Å². The van der Waals surface area contributed by atoms with Crippen LogP contribution in [0.1, 0.15) is 25.7 Å². The van der Waals surface area contributed by atoms with Crippen molar-refractivity contribution in [3.63, 3.8) is 0 Å². The molecule has 0 aromatic rings. The largest absolute Gasteiger partial charge is 0.468 e. The second-order valence-corrected chi connectivity index (χ2v) is 4.40. The highest BCUT2D eigenvalue weighted by Crippen LogP contribution is 2.23. The van der Waals surface area contributed by atoms with E-state index in [-0.39, 0.29) is 31.5 Å². The van der Waals surface area contributed by atoms with Gasteiger partial charge in [0, 0.05) is 6.04 Å². The minimum Gasteiger partial charge on any atom is -0.468 e. The van der Waals surface area contributed by atoms with Crippen LogP contribution < -0.4 is 5.32 Å². The maximum Gasteiger partial charge on any atom is 0.319 e. The Kier molecular flexibility index (Phi) is 6.23. The molecule has 1 fully saturated rings. The van der Waals surface area contributed by atoms with Gasteiger partial charge in [0.15, 0.2) is 0 Å². The lowest BCUT2D eigenvalue weighted by atomic mass is 10.2.